The largest absolute Gasteiger partial charge is 0.385 e. The molecule has 0 fully saturated rings. The maximum atomic E-state index is 12.1. The number of carbonyl (C=O) groups is 3. The van der Waals surface area contributed by atoms with Gasteiger partial charge in [-0.1, -0.05) is 12.1 Å². The fourth-order valence-electron chi connectivity index (χ4n) is 2.37. The van der Waals surface area contributed by atoms with Gasteiger partial charge in [-0.25, -0.2) is 0 Å². The molecule has 22 heavy (non-hydrogen) atoms. The van der Waals surface area contributed by atoms with Crippen LogP contribution in [0.15, 0.2) is 24.3 Å². The van der Waals surface area contributed by atoms with Gasteiger partial charge in [0.15, 0.2) is 0 Å². The minimum Gasteiger partial charge on any atom is -0.385 e. The summed E-state index contributed by atoms with van der Waals surface area (Å²) in [5.41, 5.74) is 0.882. The third kappa shape index (κ3) is 3.71. The molecule has 0 unspecified atom stereocenters. The average Bonchev–Trinajstić information content (AvgIpc) is 2.77. The number of rotatable bonds is 8. The van der Waals surface area contributed by atoms with Crippen LogP contribution in [0.4, 0.5) is 0 Å². The van der Waals surface area contributed by atoms with E-state index in [0.717, 1.165) is 6.42 Å². The Morgan fingerprint density at radius 3 is 2.36 bits per heavy atom. The normalized spacial score (nSPS) is 13.4. The number of fused-ring (bicyclic) bond motifs is 1. The fraction of sp³-hybridized carbons (Fsp3) is 0.438. The molecule has 1 aromatic rings. The second-order valence-electron chi connectivity index (χ2n) is 5.11. The minimum absolute atomic E-state index is 0.0762. The molecule has 6 heteroatoms. The van der Waals surface area contributed by atoms with Crippen LogP contribution in [0.5, 0.6) is 0 Å². The predicted octanol–water partition coefficient (Wildman–Crippen LogP) is 1.22. The molecule has 0 spiro atoms. The molecule has 0 bridgehead atoms. The number of benzene rings is 1. The van der Waals surface area contributed by atoms with Crippen LogP contribution >= 0.6 is 0 Å². The van der Waals surface area contributed by atoms with E-state index in [1.165, 1.54) is 4.90 Å². The Bertz CT molecular complexity index is 536. The van der Waals surface area contributed by atoms with Crippen molar-refractivity contribution >= 4 is 17.7 Å². The highest BCUT2D eigenvalue weighted by atomic mass is 16.5. The van der Waals surface area contributed by atoms with E-state index in [-0.39, 0.29) is 24.3 Å². The predicted molar refractivity (Wildman–Crippen MR) is 80.5 cm³/mol. The Labute approximate surface area is 129 Å². The summed E-state index contributed by atoms with van der Waals surface area (Å²) in [4.78, 5) is 37.1. The van der Waals surface area contributed by atoms with E-state index < -0.39 is 0 Å². The molecule has 1 aliphatic rings. The molecule has 2 rings (SSSR count). The lowest BCUT2D eigenvalue weighted by atomic mass is 10.1. The van der Waals surface area contributed by atoms with Crippen molar-refractivity contribution in [1.82, 2.24) is 10.2 Å². The Balaban J connectivity index is 1.75. The van der Waals surface area contributed by atoms with Crippen molar-refractivity contribution in [2.45, 2.75) is 19.3 Å². The fourth-order valence-corrected chi connectivity index (χ4v) is 2.37. The summed E-state index contributed by atoms with van der Waals surface area (Å²) in [5.74, 6) is -0.630. The van der Waals surface area contributed by atoms with Crippen LogP contribution in [0.3, 0.4) is 0 Å². The first-order valence-corrected chi connectivity index (χ1v) is 7.36. The van der Waals surface area contributed by atoms with Crippen LogP contribution < -0.4 is 5.32 Å². The summed E-state index contributed by atoms with van der Waals surface area (Å²) in [6, 6.07) is 6.78. The number of imide groups is 1. The van der Waals surface area contributed by atoms with Crippen LogP contribution in [-0.4, -0.2) is 49.4 Å². The third-order valence-corrected chi connectivity index (χ3v) is 3.51. The quantitative estimate of drug-likeness (QED) is 0.579. The van der Waals surface area contributed by atoms with Crippen molar-refractivity contribution in [2.24, 2.45) is 0 Å². The van der Waals surface area contributed by atoms with Crippen molar-refractivity contribution in [1.29, 1.82) is 0 Å². The Kier molecular flexibility index (Phi) is 5.66. The van der Waals surface area contributed by atoms with Gasteiger partial charge in [0, 0.05) is 33.2 Å². The highest BCUT2D eigenvalue weighted by molar-refractivity contribution is 6.21. The molecular weight excluding hydrogens is 284 g/mol. The zero-order valence-corrected chi connectivity index (χ0v) is 12.6. The molecule has 0 aromatic heterocycles. The zero-order valence-electron chi connectivity index (χ0n) is 12.6. The van der Waals surface area contributed by atoms with E-state index in [4.69, 9.17) is 4.74 Å². The summed E-state index contributed by atoms with van der Waals surface area (Å²) in [7, 11) is 1.61. The first-order valence-electron chi connectivity index (χ1n) is 7.36. The van der Waals surface area contributed by atoms with Crippen LogP contribution in [-0.2, 0) is 9.53 Å². The monoisotopic (exact) mass is 304 g/mol. The van der Waals surface area contributed by atoms with Crippen molar-refractivity contribution in [3.8, 4) is 0 Å². The van der Waals surface area contributed by atoms with Gasteiger partial charge < -0.3 is 10.1 Å². The Morgan fingerprint density at radius 1 is 1.14 bits per heavy atom. The maximum Gasteiger partial charge on any atom is 0.261 e. The zero-order chi connectivity index (χ0) is 15.9. The molecule has 1 N–H and O–H groups in total. The van der Waals surface area contributed by atoms with E-state index in [1.807, 2.05) is 0 Å². The number of ether oxygens (including phenoxy) is 1. The standard InChI is InChI=1S/C16H20N2O4/c1-22-11-5-9-17-14(19)8-4-10-18-15(20)12-6-2-3-7-13(12)16(18)21/h2-3,6-7H,4-5,8-11H2,1H3,(H,17,19). The molecule has 1 aliphatic heterocycles. The topological polar surface area (TPSA) is 75.7 Å². The number of methoxy groups -OCH3 is 1. The molecular formula is C16H20N2O4. The third-order valence-electron chi connectivity index (χ3n) is 3.51. The molecule has 0 aliphatic carbocycles. The molecule has 1 aromatic carbocycles. The van der Waals surface area contributed by atoms with E-state index >= 15 is 0 Å². The van der Waals surface area contributed by atoms with Crippen LogP contribution in [0.1, 0.15) is 40.0 Å². The van der Waals surface area contributed by atoms with E-state index in [1.54, 1.807) is 31.4 Å². The average molecular weight is 304 g/mol. The summed E-state index contributed by atoms with van der Waals surface area (Å²) in [6.45, 7) is 1.44. The van der Waals surface area contributed by atoms with Crippen molar-refractivity contribution in [3.05, 3.63) is 35.4 Å². The lowest BCUT2D eigenvalue weighted by Crippen LogP contribution is -2.32. The van der Waals surface area contributed by atoms with E-state index in [9.17, 15) is 14.4 Å². The molecule has 6 nitrogen and oxygen atoms in total. The van der Waals surface area contributed by atoms with Gasteiger partial charge in [-0.2, -0.15) is 0 Å². The van der Waals surface area contributed by atoms with E-state index in [0.29, 0.717) is 37.1 Å². The molecule has 0 saturated heterocycles. The molecule has 1 heterocycles. The summed E-state index contributed by atoms with van der Waals surface area (Å²) >= 11 is 0. The Hall–Kier alpha value is -2.21. The number of nitrogens with zero attached hydrogens (tertiary/aromatic N) is 1. The van der Waals surface area contributed by atoms with Crippen molar-refractivity contribution in [2.75, 3.05) is 26.8 Å². The number of hydrogen-bond donors (Lipinski definition) is 1. The van der Waals surface area contributed by atoms with Gasteiger partial charge in [-0.15, -0.1) is 0 Å². The van der Waals surface area contributed by atoms with Gasteiger partial charge in [0.1, 0.15) is 0 Å². The lowest BCUT2D eigenvalue weighted by molar-refractivity contribution is -0.121. The summed E-state index contributed by atoms with van der Waals surface area (Å²) < 4.78 is 4.89. The second kappa shape index (κ2) is 7.70. The highest BCUT2D eigenvalue weighted by Gasteiger charge is 2.34. The van der Waals surface area contributed by atoms with Gasteiger partial charge in [-0.05, 0) is 25.0 Å². The summed E-state index contributed by atoms with van der Waals surface area (Å²) in [6.07, 6.45) is 1.52. The summed E-state index contributed by atoms with van der Waals surface area (Å²) in [5, 5.41) is 2.78. The number of carbonyl (C=O) groups excluding carboxylic acids is 3. The first kappa shape index (κ1) is 16.2. The molecule has 0 saturated carbocycles. The minimum atomic E-state index is -0.277. The van der Waals surface area contributed by atoms with E-state index in [2.05, 4.69) is 5.32 Å². The van der Waals surface area contributed by atoms with Crippen molar-refractivity contribution < 1.29 is 19.1 Å². The smallest absolute Gasteiger partial charge is 0.261 e. The van der Waals surface area contributed by atoms with Gasteiger partial charge in [0.05, 0.1) is 11.1 Å². The second-order valence-corrected chi connectivity index (χ2v) is 5.11. The lowest BCUT2D eigenvalue weighted by Gasteiger charge is -2.13. The molecule has 0 radical (unpaired) electrons. The SMILES string of the molecule is COCCCNC(=O)CCCN1C(=O)c2ccccc2C1=O. The maximum absolute atomic E-state index is 12.1. The highest BCUT2D eigenvalue weighted by Crippen LogP contribution is 2.22. The molecule has 118 valence electrons. The molecule has 0 atom stereocenters. The van der Waals surface area contributed by atoms with Gasteiger partial charge in [0.2, 0.25) is 5.91 Å². The van der Waals surface area contributed by atoms with Gasteiger partial charge in [-0.3, -0.25) is 19.3 Å². The number of nitrogens with one attached hydrogen (secondary N) is 1. The Morgan fingerprint density at radius 2 is 1.77 bits per heavy atom. The number of hydrogen-bond acceptors (Lipinski definition) is 4. The van der Waals surface area contributed by atoms with Crippen LogP contribution in [0, 0.1) is 0 Å². The molecule has 3 amide bonds. The van der Waals surface area contributed by atoms with Crippen LogP contribution in [0.2, 0.25) is 0 Å². The first-order chi connectivity index (χ1) is 10.6. The van der Waals surface area contributed by atoms with Crippen molar-refractivity contribution in [3.63, 3.8) is 0 Å². The number of amides is 3. The van der Waals surface area contributed by atoms with Crippen LogP contribution in [0.25, 0.3) is 0 Å². The van der Waals surface area contributed by atoms with Gasteiger partial charge in [0.25, 0.3) is 11.8 Å². The van der Waals surface area contributed by atoms with Gasteiger partial charge >= 0.3 is 0 Å².